The number of aromatic carboxylic acids is 1. The van der Waals surface area contributed by atoms with Crippen LogP contribution in [-0.4, -0.2) is 41.7 Å². The van der Waals surface area contributed by atoms with E-state index >= 15 is 0 Å². The van der Waals surface area contributed by atoms with E-state index in [2.05, 4.69) is 22.1 Å². The molecule has 1 saturated heterocycles. The average molecular weight is 263 g/mol. The Kier molecular flexibility index (Phi) is 4.37. The molecule has 0 spiro atoms. The molecule has 1 aromatic heterocycles. The molecule has 1 aromatic rings. The highest BCUT2D eigenvalue weighted by molar-refractivity contribution is 5.89. The Labute approximate surface area is 113 Å². The summed E-state index contributed by atoms with van der Waals surface area (Å²) in [5.74, 6) is -0.0293. The number of anilines is 1. The van der Waals surface area contributed by atoms with Crippen LogP contribution >= 0.6 is 0 Å². The lowest BCUT2D eigenvalue weighted by molar-refractivity contribution is 0.0695. The quantitative estimate of drug-likeness (QED) is 0.865. The summed E-state index contributed by atoms with van der Waals surface area (Å²) in [6.45, 7) is 6.83. The van der Waals surface area contributed by atoms with Crippen molar-refractivity contribution in [1.82, 2.24) is 10.3 Å². The number of nitrogens with zero attached hydrogens (tertiary/aromatic N) is 2. The zero-order valence-electron chi connectivity index (χ0n) is 11.5. The van der Waals surface area contributed by atoms with Gasteiger partial charge in [0, 0.05) is 12.6 Å². The molecule has 1 fully saturated rings. The van der Waals surface area contributed by atoms with Crippen LogP contribution in [0.2, 0.25) is 0 Å². The number of aryl methyl sites for hydroxylation is 1. The summed E-state index contributed by atoms with van der Waals surface area (Å²) in [5.41, 5.74) is 0.863. The van der Waals surface area contributed by atoms with E-state index in [0.717, 1.165) is 38.3 Å². The van der Waals surface area contributed by atoms with Gasteiger partial charge in [-0.1, -0.05) is 0 Å². The average Bonchev–Trinajstić information content (AvgIpc) is 2.40. The van der Waals surface area contributed by atoms with Gasteiger partial charge >= 0.3 is 5.97 Å². The van der Waals surface area contributed by atoms with Crippen LogP contribution in [0.3, 0.4) is 0 Å². The highest BCUT2D eigenvalue weighted by Gasteiger charge is 2.21. The lowest BCUT2D eigenvalue weighted by Gasteiger charge is -2.35. The van der Waals surface area contributed by atoms with Gasteiger partial charge in [0.25, 0.3) is 0 Å². The van der Waals surface area contributed by atoms with Crippen LogP contribution in [0, 0.1) is 6.92 Å². The molecule has 0 aliphatic carbocycles. The van der Waals surface area contributed by atoms with E-state index < -0.39 is 5.97 Å². The zero-order valence-corrected chi connectivity index (χ0v) is 11.5. The molecule has 0 amide bonds. The molecule has 0 aromatic carbocycles. The van der Waals surface area contributed by atoms with E-state index in [1.807, 2.05) is 6.07 Å². The summed E-state index contributed by atoms with van der Waals surface area (Å²) in [6.07, 6.45) is 2.21. The number of piperidine rings is 1. The van der Waals surface area contributed by atoms with Gasteiger partial charge in [-0.2, -0.15) is 0 Å². The normalized spacial score (nSPS) is 16.3. The van der Waals surface area contributed by atoms with E-state index in [0.29, 0.717) is 11.7 Å². The molecule has 19 heavy (non-hydrogen) atoms. The van der Waals surface area contributed by atoms with Gasteiger partial charge in [0.2, 0.25) is 0 Å². The number of hydrogen-bond donors (Lipinski definition) is 2. The van der Waals surface area contributed by atoms with E-state index in [-0.39, 0.29) is 5.56 Å². The van der Waals surface area contributed by atoms with Crippen LogP contribution in [-0.2, 0) is 0 Å². The molecule has 5 heteroatoms. The summed E-state index contributed by atoms with van der Waals surface area (Å²) >= 11 is 0. The monoisotopic (exact) mass is 263 g/mol. The van der Waals surface area contributed by atoms with Crippen molar-refractivity contribution in [3.8, 4) is 0 Å². The fraction of sp³-hybridized carbons (Fsp3) is 0.571. The molecule has 0 unspecified atom stereocenters. The van der Waals surface area contributed by atoms with Crippen molar-refractivity contribution in [3.63, 3.8) is 0 Å². The van der Waals surface area contributed by atoms with Crippen molar-refractivity contribution < 1.29 is 9.90 Å². The molecule has 1 aliphatic heterocycles. The first-order valence-corrected chi connectivity index (χ1v) is 6.81. The fourth-order valence-corrected chi connectivity index (χ4v) is 2.66. The lowest BCUT2D eigenvalue weighted by atomic mass is 10.0. The highest BCUT2D eigenvalue weighted by Crippen LogP contribution is 2.21. The second-order valence-electron chi connectivity index (χ2n) is 4.87. The molecule has 5 nitrogen and oxygen atoms in total. The zero-order chi connectivity index (χ0) is 13.8. The molecular weight excluding hydrogens is 242 g/mol. The van der Waals surface area contributed by atoms with Crippen LogP contribution in [0.25, 0.3) is 0 Å². The summed E-state index contributed by atoms with van der Waals surface area (Å²) < 4.78 is 0. The minimum atomic E-state index is -0.915. The Morgan fingerprint density at radius 1 is 1.47 bits per heavy atom. The maximum Gasteiger partial charge on any atom is 0.337 e. The van der Waals surface area contributed by atoms with E-state index in [1.165, 1.54) is 0 Å². The largest absolute Gasteiger partial charge is 0.478 e. The van der Waals surface area contributed by atoms with Gasteiger partial charge in [-0.15, -0.1) is 0 Å². The van der Waals surface area contributed by atoms with Crippen molar-refractivity contribution in [3.05, 3.63) is 23.4 Å². The standard InChI is InChI=1S/C14H21N3O2/c1-3-17(11-6-8-15-9-7-11)13-5-4-12(14(18)19)10(2)16-13/h4-5,11,15H,3,6-9H2,1-2H3,(H,18,19). The van der Waals surface area contributed by atoms with Gasteiger partial charge in [-0.25, -0.2) is 9.78 Å². The first-order valence-electron chi connectivity index (χ1n) is 6.81. The van der Waals surface area contributed by atoms with Crippen LogP contribution in [0.5, 0.6) is 0 Å². The van der Waals surface area contributed by atoms with Crippen molar-refractivity contribution in [2.24, 2.45) is 0 Å². The highest BCUT2D eigenvalue weighted by atomic mass is 16.4. The van der Waals surface area contributed by atoms with Gasteiger partial charge in [-0.05, 0) is 51.9 Å². The molecule has 104 valence electrons. The van der Waals surface area contributed by atoms with Crippen LogP contribution in [0.1, 0.15) is 35.8 Å². The summed E-state index contributed by atoms with van der Waals surface area (Å²) in [4.78, 5) is 17.8. The van der Waals surface area contributed by atoms with Gasteiger partial charge in [0.15, 0.2) is 0 Å². The molecule has 2 heterocycles. The van der Waals surface area contributed by atoms with Gasteiger partial charge in [0.1, 0.15) is 5.82 Å². The first-order chi connectivity index (χ1) is 9.13. The van der Waals surface area contributed by atoms with Crippen LogP contribution < -0.4 is 10.2 Å². The van der Waals surface area contributed by atoms with Crippen LogP contribution in [0.15, 0.2) is 12.1 Å². The fourth-order valence-electron chi connectivity index (χ4n) is 2.66. The third-order valence-corrected chi connectivity index (χ3v) is 3.69. The summed E-state index contributed by atoms with van der Waals surface area (Å²) in [6, 6.07) is 3.97. The summed E-state index contributed by atoms with van der Waals surface area (Å²) in [7, 11) is 0. The number of hydrogen-bond acceptors (Lipinski definition) is 4. The molecule has 2 N–H and O–H groups in total. The van der Waals surface area contributed by atoms with Crippen LogP contribution in [0.4, 0.5) is 5.82 Å². The molecule has 2 rings (SSSR count). The predicted octanol–water partition coefficient (Wildman–Crippen LogP) is 1.67. The van der Waals surface area contributed by atoms with E-state index in [1.54, 1.807) is 13.0 Å². The smallest absolute Gasteiger partial charge is 0.337 e. The van der Waals surface area contributed by atoms with E-state index in [9.17, 15) is 4.79 Å². The molecule has 0 radical (unpaired) electrons. The third kappa shape index (κ3) is 3.04. The molecular formula is C14H21N3O2. The second kappa shape index (κ2) is 6.02. The Morgan fingerprint density at radius 3 is 2.68 bits per heavy atom. The Morgan fingerprint density at radius 2 is 2.16 bits per heavy atom. The second-order valence-corrected chi connectivity index (χ2v) is 4.87. The molecule has 0 atom stereocenters. The molecule has 0 bridgehead atoms. The number of carboxylic acid groups (broad SMARTS) is 1. The lowest BCUT2D eigenvalue weighted by Crippen LogP contribution is -2.43. The minimum absolute atomic E-state index is 0.283. The van der Waals surface area contributed by atoms with Crippen molar-refractivity contribution >= 4 is 11.8 Å². The predicted molar refractivity (Wildman–Crippen MR) is 74.8 cm³/mol. The molecule has 0 saturated carbocycles. The Balaban J connectivity index is 2.23. The summed E-state index contributed by atoms with van der Waals surface area (Å²) in [5, 5.41) is 12.4. The number of nitrogens with one attached hydrogen (secondary N) is 1. The Bertz CT molecular complexity index is 456. The van der Waals surface area contributed by atoms with Gasteiger partial charge in [-0.3, -0.25) is 0 Å². The third-order valence-electron chi connectivity index (χ3n) is 3.69. The first kappa shape index (κ1) is 13.8. The van der Waals surface area contributed by atoms with Crippen molar-refractivity contribution in [2.75, 3.05) is 24.5 Å². The number of aromatic nitrogens is 1. The van der Waals surface area contributed by atoms with E-state index in [4.69, 9.17) is 5.11 Å². The van der Waals surface area contributed by atoms with Gasteiger partial charge in [0.05, 0.1) is 11.3 Å². The van der Waals surface area contributed by atoms with Gasteiger partial charge < -0.3 is 15.3 Å². The maximum absolute atomic E-state index is 11.0. The Hall–Kier alpha value is -1.62. The molecule has 1 aliphatic rings. The van der Waals surface area contributed by atoms with Crippen molar-refractivity contribution in [1.29, 1.82) is 0 Å². The SMILES string of the molecule is CCN(c1ccc(C(=O)O)c(C)n1)C1CCNCC1. The maximum atomic E-state index is 11.0. The van der Waals surface area contributed by atoms with Crippen molar-refractivity contribution in [2.45, 2.75) is 32.7 Å². The number of carboxylic acids is 1. The number of pyridine rings is 1. The topological polar surface area (TPSA) is 65.5 Å². The minimum Gasteiger partial charge on any atom is -0.478 e. The number of rotatable bonds is 4. The number of carbonyl (C=O) groups is 1.